The highest BCUT2D eigenvalue weighted by atomic mass is 16.2. The Morgan fingerprint density at radius 1 is 1.38 bits per heavy atom. The lowest BCUT2D eigenvalue weighted by atomic mass is 9.97. The first kappa shape index (κ1) is 10.4. The summed E-state index contributed by atoms with van der Waals surface area (Å²) >= 11 is 0. The summed E-state index contributed by atoms with van der Waals surface area (Å²) in [4.78, 5) is 24.7. The third-order valence-electron chi connectivity index (χ3n) is 2.65. The Hall–Kier alpha value is -2.15. The van der Waals surface area contributed by atoms with E-state index in [1.165, 1.54) is 0 Å². The summed E-state index contributed by atoms with van der Waals surface area (Å²) in [6, 6.07) is 8.19. The zero-order valence-electron chi connectivity index (χ0n) is 8.80. The van der Waals surface area contributed by atoms with E-state index in [0.29, 0.717) is 5.56 Å². The molecule has 4 heteroatoms. The van der Waals surface area contributed by atoms with Gasteiger partial charge in [0.2, 0.25) is 5.91 Å². The molecule has 0 N–H and O–H groups in total. The molecule has 1 aliphatic rings. The lowest BCUT2D eigenvalue weighted by Gasteiger charge is -2.28. The van der Waals surface area contributed by atoms with E-state index in [0.717, 1.165) is 10.5 Å². The van der Waals surface area contributed by atoms with Gasteiger partial charge in [0, 0.05) is 5.56 Å². The summed E-state index contributed by atoms with van der Waals surface area (Å²) < 4.78 is 0. The topological polar surface area (TPSA) is 61.2 Å². The van der Waals surface area contributed by atoms with Crippen LogP contribution in [-0.2, 0) is 11.2 Å². The number of fused-ring (bicyclic) bond motifs is 1. The Bertz CT molecular complexity index is 502. The monoisotopic (exact) mass is 214 g/mol. The molecule has 1 aliphatic heterocycles. The van der Waals surface area contributed by atoms with Crippen LogP contribution in [0.1, 0.15) is 22.8 Å². The number of carbonyl (C=O) groups excluding carboxylic acids is 2. The lowest BCUT2D eigenvalue weighted by Crippen LogP contribution is -2.46. The zero-order chi connectivity index (χ0) is 11.7. The van der Waals surface area contributed by atoms with Crippen molar-refractivity contribution in [3.8, 4) is 6.07 Å². The van der Waals surface area contributed by atoms with Gasteiger partial charge in [0.15, 0.2) is 0 Å². The molecule has 0 aromatic heterocycles. The standard InChI is InChI=1S/C12H10N2O2/c1-8(7-13)14-11(15)6-9-4-2-3-5-10(9)12(14)16/h2-5,8H,6H2,1H3. The summed E-state index contributed by atoms with van der Waals surface area (Å²) in [5, 5.41) is 8.77. The molecule has 16 heavy (non-hydrogen) atoms. The maximum atomic E-state index is 12.0. The van der Waals surface area contributed by atoms with Crippen molar-refractivity contribution in [2.75, 3.05) is 0 Å². The largest absolute Gasteiger partial charge is 0.274 e. The first-order valence-electron chi connectivity index (χ1n) is 4.99. The number of imide groups is 1. The Kier molecular flexibility index (Phi) is 2.45. The van der Waals surface area contributed by atoms with E-state index in [1.54, 1.807) is 31.2 Å². The van der Waals surface area contributed by atoms with Gasteiger partial charge in [-0.2, -0.15) is 5.26 Å². The van der Waals surface area contributed by atoms with E-state index >= 15 is 0 Å². The first-order chi connectivity index (χ1) is 7.65. The maximum Gasteiger partial charge on any atom is 0.261 e. The number of hydrogen-bond acceptors (Lipinski definition) is 3. The van der Waals surface area contributed by atoms with Gasteiger partial charge in [-0.05, 0) is 18.6 Å². The second-order valence-electron chi connectivity index (χ2n) is 3.71. The maximum absolute atomic E-state index is 12.0. The average molecular weight is 214 g/mol. The molecular weight excluding hydrogens is 204 g/mol. The highest BCUT2D eigenvalue weighted by Crippen LogP contribution is 2.20. The molecule has 0 spiro atoms. The number of hydrogen-bond donors (Lipinski definition) is 0. The van der Waals surface area contributed by atoms with Crippen LogP contribution in [0.15, 0.2) is 24.3 Å². The number of nitriles is 1. The van der Waals surface area contributed by atoms with E-state index in [1.807, 2.05) is 6.07 Å². The van der Waals surface area contributed by atoms with Crippen molar-refractivity contribution in [2.45, 2.75) is 19.4 Å². The number of amides is 2. The highest BCUT2D eigenvalue weighted by Gasteiger charge is 2.33. The van der Waals surface area contributed by atoms with E-state index in [4.69, 9.17) is 5.26 Å². The summed E-state index contributed by atoms with van der Waals surface area (Å²) in [6.45, 7) is 1.55. The predicted molar refractivity (Wildman–Crippen MR) is 56.4 cm³/mol. The van der Waals surface area contributed by atoms with Crippen molar-refractivity contribution in [1.29, 1.82) is 5.26 Å². The van der Waals surface area contributed by atoms with Gasteiger partial charge in [0.25, 0.3) is 5.91 Å². The molecule has 2 rings (SSSR count). The molecule has 0 saturated heterocycles. The zero-order valence-corrected chi connectivity index (χ0v) is 8.80. The molecule has 0 bridgehead atoms. The fourth-order valence-electron chi connectivity index (χ4n) is 1.82. The van der Waals surface area contributed by atoms with Crippen molar-refractivity contribution in [3.63, 3.8) is 0 Å². The van der Waals surface area contributed by atoms with E-state index in [-0.39, 0.29) is 18.2 Å². The van der Waals surface area contributed by atoms with Gasteiger partial charge in [0.1, 0.15) is 6.04 Å². The van der Waals surface area contributed by atoms with E-state index in [9.17, 15) is 9.59 Å². The van der Waals surface area contributed by atoms with Gasteiger partial charge in [-0.15, -0.1) is 0 Å². The molecule has 80 valence electrons. The van der Waals surface area contributed by atoms with Gasteiger partial charge < -0.3 is 0 Å². The third kappa shape index (κ3) is 1.47. The van der Waals surface area contributed by atoms with Crippen LogP contribution in [0.4, 0.5) is 0 Å². The van der Waals surface area contributed by atoms with Crippen molar-refractivity contribution in [2.24, 2.45) is 0 Å². The Balaban J connectivity index is 2.47. The second-order valence-corrected chi connectivity index (χ2v) is 3.71. The van der Waals surface area contributed by atoms with Crippen LogP contribution in [0.2, 0.25) is 0 Å². The minimum Gasteiger partial charge on any atom is -0.274 e. The van der Waals surface area contributed by atoms with Crippen molar-refractivity contribution in [3.05, 3.63) is 35.4 Å². The predicted octanol–water partition coefficient (Wildman–Crippen LogP) is 1.12. The third-order valence-corrected chi connectivity index (χ3v) is 2.65. The molecule has 0 radical (unpaired) electrons. The first-order valence-corrected chi connectivity index (χ1v) is 4.99. The second kappa shape index (κ2) is 3.78. The molecule has 1 unspecified atom stereocenters. The molecule has 0 aliphatic carbocycles. The number of rotatable bonds is 1. The van der Waals surface area contributed by atoms with Crippen LogP contribution in [0, 0.1) is 11.3 Å². The minimum absolute atomic E-state index is 0.188. The Labute approximate surface area is 93.1 Å². The SMILES string of the molecule is CC(C#N)N1C(=O)Cc2ccccc2C1=O. The van der Waals surface area contributed by atoms with Gasteiger partial charge in [-0.1, -0.05) is 18.2 Å². The molecule has 1 aromatic rings. The van der Waals surface area contributed by atoms with Crippen LogP contribution in [0.5, 0.6) is 0 Å². The molecule has 4 nitrogen and oxygen atoms in total. The molecule has 2 amide bonds. The molecule has 1 heterocycles. The molecule has 0 fully saturated rings. The summed E-state index contributed by atoms with van der Waals surface area (Å²) in [5.74, 6) is -0.682. The highest BCUT2D eigenvalue weighted by molar-refractivity contribution is 6.10. The summed E-state index contributed by atoms with van der Waals surface area (Å²) in [6.07, 6.45) is 0.188. The number of nitrogens with zero attached hydrogens (tertiary/aromatic N) is 2. The molecule has 1 aromatic carbocycles. The van der Waals surface area contributed by atoms with E-state index in [2.05, 4.69) is 0 Å². The van der Waals surface area contributed by atoms with Crippen molar-refractivity contribution in [1.82, 2.24) is 4.90 Å². The smallest absolute Gasteiger partial charge is 0.261 e. The van der Waals surface area contributed by atoms with Crippen LogP contribution in [-0.4, -0.2) is 22.8 Å². The van der Waals surface area contributed by atoms with Crippen LogP contribution < -0.4 is 0 Å². The van der Waals surface area contributed by atoms with E-state index < -0.39 is 6.04 Å². The van der Waals surface area contributed by atoms with Crippen molar-refractivity contribution >= 4 is 11.8 Å². The number of carbonyl (C=O) groups is 2. The van der Waals surface area contributed by atoms with Gasteiger partial charge in [0.05, 0.1) is 12.5 Å². The summed E-state index contributed by atoms with van der Waals surface area (Å²) in [5.41, 5.74) is 1.25. The Morgan fingerprint density at radius 2 is 2.06 bits per heavy atom. The van der Waals surface area contributed by atoms with Gasteiger partial charge >= 0.3 is 0 Å². The molecule has 1 atom stereocenters. The molecular formula is C12H10N2O2. The summed E-state index contributed by atoms with van der Waals surface area (Å²) in [7, 11) is 0. The normalized spacial score (nSPS) is 16.6. The fourth-order valence-corrected chi connectivity index (χ4v) is 1.82. The average Bonchev–Trinajstić information content (AvgIpc) is 2.28. The van der Waals surface area contributed by atoms with Gasteiger partial charge in [-0.25, -0.2) is 0 Å². The van der Waals surface area contributed by atoms with Gasteiger partial charge in [-0.3, -0.25) is 14.5 Å². The quantitative estimate of drug-likeness (QED) is 0.658. The minimum atomic E-state index is -0.714. The Morgan fingerprint density at radius 3 is 2.75 bits per heavy atom. The number of benzene rings is 1. The molecule has 0 saturated carbocycles. The fraction of sp³-hybridized carbons (Fsp3) is 0.250. The van der Waals surface area contributed by atoms with Crippen LogP contribution in [0.3, 0.4) is 0 Å². The van der Waals surface area contributed by atoms with Crippen LogP contribution in [0.25, 0.3) is 0 Å². The van der Waals surface area contributed by atoms with Crippen molar-refractivity contribution < 1.29 is 9.59 Å². The van der Waals surface area contributed by atoms with Crippen LogP contribution >= 0.6 is 0 Å². The lowest BCUT2D eigenvalue weighted by molar-refractivity contribution is -0.129.